The van der Waals surface area contributed by atoms with E-state index in [0.717, 1.165) is 69.8 Å². The summed E-state index contributed by atoms with van der Waals surface area (Å²) in [7, 11) is 0. The van der Waals surface area contributed by atoms with E-state index >= 15 is 0 Å². The molecule has 0 aliphatic carbocycles. The van der Waals surface area contributed by atoms with E-state index in [9.17, 15) is 9.59 Å². The van der Waals surface area contributed by atoms with Crippen LogP contribution < -0.4 is 5.56 Å². The smallest absolute Gasteiger partial charge is 0.253 e. The van der Waals surface area contributed by atoms with Crippen molar-refractivity contribution in [3.8, 4) is 0 Å². The first-order valence-corrected chi connectivity index (χ1v) is 11.1. The molecule has 0 unspecified atom stereocenters. The summed E-state index contributed by atoms with van der Waals surface area (Å²) in [6.07, 6.45) is 6.40. The van der Waals surface area contributed by atoms with Crippen molar-refractivity contribution in [1.29, 1.82) is 0 Å². The zero-order valence-electron chi connectivity index (χ0n) is 17.4. The van der Waals surface area contributed by atoms with E-state index in [1.807, 2.05) is 9.47 Å². The van der Waals surface area contributed by atoms with Crippen molar-refractivity contribution in [2.45, 2.75) is 64.8 Å². The predicted octanol–water partition coefficient (Wildman–Crippen LogP) is 2.26. The first kappa shape index (κ1) is 19.6. The van der Waals surface area contributed by atoms with Crippen LogP contribution in [-0.2, 0) is 17.8 Å². The average Bonchev–Trinajstić information content (AvgIpc) is 3.00. The molecule has 3 aliphatic rings. The summed E-state index contributed by atoms with van der Waals surface area (Å²) in [5.74, 6) is 2.71. The first-order chi connectivity index (χ1) is 13.5. The Morgan fingerprint density at radius 3 is 2.68 bits per heavy atom. The molecule has 154 valence electrons. The third-order valence-electron chi connectivity index (χ3n) is 6.65. The second-order valence-corrected chi connectivity index (χ2v) is 9.36. The highest BCUT2D eigenvalue weighted by Gasteiger charge is 2.31. The number of aromatic nitrogens is 2. The van der Waals surface area contributed by atoms with Crippen LogP contribution in [0.3, 0.4) is 0 Å². The minimum atomic E-state index is 0.0861. The number of likely N-dealkylation sites (tertiary alicyclic amines) is 2. The van der Waals surface area contributed by atoms with Gasteiger partial charge in [-0.05, 0) is 37.5 Å². The molecule has 0 saturated carbocycles. The van der Waals surface area contributed by atoms with Crippen molar-refractivity contribution in [1.82, 2.24) is 19.4 Å². The molecule has 28 heavy (non-hydrogen) atoms. The molecule has 1 aromatic rings. The molecule has 6 nitrogen and oxygen atoms in total. The van der Waals surface area contributed by atoms with E-state index in [1.165, 1.54) is 6.42 Å². The lowest BCUT2D eigenvalue weighted by atomic mass is 9.92. The molecule has 0 aromatic carbocycles. The second kappa shape index (κ2) is 8.36. The summed E-state index contributed by atoms with van der Waals surface area (Å²) in [6.45, 7) is 9.41. The first-order valence-electron chi connectivity index (χ1n) is 11.1. The highest BCUT2D eigenvalue weighted by atomic mass is 16.2. The third kappa shape index (κ3) is 4.32. The zero-order chi connectivity index (χ0) is 19.7. The number of rotatable bonds is 3. The van der Waals surface area contributed by atoms with Crippen LogP contribution in [0.5, 0.6) is 0 Å². The van der Waals surface area contributed by atoms with Gasteiger partial charge in [-0.15, -0.1) is 0 Å². The molecule has 4 rings (SSSR count). The fourth-order valence-electron chi connectivity index (χ4n) is 5.38. The number of carbonyl (C=O) groups is 1. The second-order valence-electron chi connectivity index (χ2n) is 9.36. The van der Waals surface area contributed by atoms with E-state index < -0.39 is 0 Å². The number of hydrogen-bond donors (Lipinski definition) is 0. The van der Waals surface area contributed by atoms with Crippen molar-refractivity contribution < 1.29 is 4.79 Å². The summed E-state index contributed by atoms with van der Waals surface area (Å²) in [6, 6.07) is 1.72. The third-order valence-corrected chi connectivity index (χ3v) is 6.65. The van der Waals surface area contributed by atoms with Crippen molar-refractivity contribution in [2.75, 3.05) is 32.7 Å². The van der Waals surface area contributed by atoms with E-state index in [4.69, 9.17) is 4.98 Å². The van der Waals surface area contributed by atoms with Crippen LogP contribution in [-0.4, -0.2) is 58.0 Å². The summed E-state index contributed by atoms with van der Waals surface area (Å²) in [5.41, 5.74) is 0.983. The Morgan fingerprint density at radius 1 is 1.11 bits per heavy atom. The lowest BCUT2D eigenvalue weighted by Gasteiger charge is -2.35. The van der Waals surface area contributed by atoms with Gasteiger partial charge in [-0.25, -0.2) is 4.98 Å². The van der Waals surface area contributed by atoms with Gasteiger partial charge in [-0.1, -0.05) is 20.3 Å². The van der Waals surface area contributed by atoms with Crippen LogP contribution in [0, 0.1) is 11.8 Å². The zero-order valence-corrected chi connectivity index (χ0v) is 17.4. The Morgan fingerprint density at radius 2 is 1.89 bits per heavy atom. The lowest BCUT2D eigenvalue weighted by molar-refractivity contribution is -0.132. The molecular weight excluding hydrogens is 352 g/mol. The van der Waals surface area contributed by atoms with Gasteiger partial charge in [-0.3, -0.25) is 19.1 Å². The van der Waals surface area contributed by atoms with E-state index in [2.05, 4.69) is 18.7 Å². The number of fused-ring (bicyclic) bond motifs is 1. The number of hydrogen-bond acceptors (Lipinski definition) is 4. The van der Waals surface area contributed by atoms with Gasteiger partial charge in [0.2, 0.25) is 5.91 Å². The van der Waals surface area contributed by atoms with Crippen LogP contribution in [0.15, 0.2) is 10.9 Å². The summed E-state index contributed by atoms with van der Waals surface area (Å²) in [5, 5.41) is 0. The van der Waals surface area contributed by atoms with Gasteiger partial charge in [0.15, 0.2) is 0 Å². The average molecular weight is 387 g/mol. The van der Waals surface area contributed by atoms with E-state index in [0.29, 0.717) is 24.9 Å². The molecular formula is C22H34N4O2. The maximum Gasteiger partial charge on any atom is 0.253 e. The van der Waals surface area contributed by atoms with Gasteiger partial charge in [0.1, 0.15) is 5.82 Å². The Hall–Kier alpha value is -1.69. The highest BCUT2D eigenvalue weighted by Crippen LogP contribution is 2.27. The predicted molar refractivity (Wildman–Crippen MR) is 109 cm³/mol. The Kier molecular flexibility index (Phi) is 5.85. The molecule has 3 aliphatic heterocycles. The Labute approximate surface area is 167 Å². The van der Waals surface area contributed by atoms with Crippen molar-refractivity contribution in [2.24, 2.45) is 11.8 Å². The number of aryl methyl sites for hydroxylation is 1. The Bertz CT molecular complexity index is 764. The van der Waals surface area contributed by atoms with E-state index in [-0.39, 0.29) is 17.4 Å². The lowest BCUT2D eigenvalue weighted by Crippen LogP contribution is -2.45. The molecule has 1 aromatic heterocycles. The Balaban J connectivity index is 1.40. The standard InChI is InChI=1S/C22H34N4O2/c1-16-10-17(2)13-24(12-16)15-22(28)25-9-7-18(14-25)19-11-21(27)26-8-5-3-4-6-20(26)23-19/h11,16-18H,3-10,12-15H2,1-2H3/t16-,17-,18-/m0/s1. The van der Waals surface area contributed by atoms with Crippen molar-refractivity contribution in [3.63, 3.8) is 0 Å². The molecule has 0 radical (unpaired) electrons. The summed E-state index contributed by atoms with van der Waals surface area (Å²) < 4.78 is 1.85. The minimum Gasteiger partial charge on any atom is -0.341 e. The van der Waals surface area contributed by atoms with Crippen molar-refractivity contribution >= 4 is 5.91 Å². The molecule has 3 atom stereocenters. The molecule has 2 saturated heterocycles. The minimum absolute atomic E-state index is 0.0861. The fourth-order valence-corrected chi connectivity index (χ4v) is 5.38. The molecule has 0 bridgehead atoms. The number of piperidine rings is 1. The quantitative estimate of drug-likeness (QED) is 0.800. The van der Waals surface area contributed by atoms with Gasteiger partial charge < -0.3 is 4.90 Å². The maximum absolute atomic E-state index is 12.8. The van der Waals surface area contributed by atoms with Crippen LogP contribution in [0.2, 0.25) is 0 Å². The van der Waals surface area contributed by atoms with Gasteiger partial charge >= 0.3 is 0 Å². The maximum atomic E-state index is 12.8. The van der Waals surface area contributed by atoms with E-state index in [1.54, 1.807) is 6.07 Å². The van der Waals surface area contributed by atoms with Gasteiger partial charge in [0.25, 0.3) is 5.56 Å². The van der Waals surface area contributed by atoms with Crippen molar-refractivity contribution in [3.05, 3.63) is 27.9 Å². The molecule has 0 N–H and O–H groups in total. The SMILES string of the molecule is C[C@H]1C[C@H](C)CN(CC(=O)N2CC[C@H](c3cc(=O)n4c(n3)CCCCC4)C2)C1. The van der Waals surface area contributed by atoms with Gasteiger partial charge in [-0.2, -0.15) is 0 Å². The van der Waals surface area contributed by atoms with Crippen LogP contribution in [0.1, 0.15) is 63.4 Å². The monoisotopic (exact) mass is 386 g/mol. The van der Waals surface area contributed by atoms with Crippen LogP contribution >= 0.6 is 0 Å². The normalized spacial score (nSPS) is 28.8. The summed E-state index contributed by atoms with van der Waals surface area (Å²) in [4.78, 5) is 34.6. The topological polar surface area (TPSA) is 58.4 Å². The number of carbonyl (C=O) groups excluding carboxylic acids is 1. The largest absolute Gasteiger partial charge is 0.341 e. The number of nitrogens with zero attached hydrogens (tertiary/aromatic N) is 4. The van der Waals surface area contributed by atoms with Gasteiger partial charge in [0.05, 0.1) is 12.2 Å². The number of amides is 1. The molecule has 0 spiro atoms. The highest BCUT2D eigenvalue weighted by molar-refractivity contribution is 5.78. The molecule has 2 fully saturated rings. The molecule has 4 heterocycles. The fraction of sp³-hybridized carbons (Fsp3) is 0.773. The molecule has 1 amide bonds. The van der Waals surface area contributed by atoms with Crippen LogP contribution in [0.4, 0.5) is 0 Å². The molecule has 6 heteroatoms. The van der Waals surface area contributed by atoms with Gasteiger partial charge in [0, 0.05) is 51.1 Å². The van der Waals surface area contributed by atoms with Crippen LogP contribution in [0.25, 0.3) is 0 Å². The summed E-state index contributed by atoms with van der Waals surface area (Å²) >= 11 is 0.